The van der Waals surface area contributed by atoms with Gasteiger partial charge in [-0.2, -0.15) is 10.4 Å². The molecule has 0 saturated carbocycles. The summed E-state index contributed by atoms with van der Waals surface area (Å²) in [6.45, 7) is 0. The maximum atomic E-state index is 11.9. The third kappa shape index (κ3) is 2.30. The van der Waals surface area contributed by atoms with E-state index < -0.39 is 0 Å². The summed E-state index contributed by atoms with van der Waals surface area (Å²) in [6.07, 6.45) is 1.56. The first-order chi connectivity index (χ1) is 8.60. The van der Waals surface area contributed by atoms with Gasteiger partial charge in [0.05, 0.1) is 17.3 Å². The van der Waals surface area contributed by atoms with Crippen LogP contribution in [0, 0.1) is 11.3 Å². The molecule has 2 rings (SSSR count). The van der Waals surface area contributed by atoms with Crippen molar-refractivity contribution >= 4 is 17.3 Å². The summed E-state index contributed by atoms with van der Waals surface area (Å²) in [4.78, 5) is 11.9. The summed E-state index contributed by atoms with van der Waals surface area (Å²) in [5, 5.41) is 15.3. The van der Waals surface area contributed by atoms with Gasteiger partial charge in [-0.25, -0.2) is 0 Å². The zero-order valence-electron chi connectivity index (χ0n) is 9.71. The highest BCUT2D eigenvalue weighted by molar-refractivity contribution is 6.06. The van der Waals surface area contributed by atoms with Crippen LogP contribution in [0.1, 0.15) is 16.1 Å². The number of aromatic nitrogens is 2. The topological polar surface area (TPSA) is 96.7 Å². The van der Waals surface area contributed by atoms with E-state index >= 15 is 0 Å². The molecule has 1 aromatic heterocycles. The fraction of sp³-hybridized carbons (Fsp3) is 0.0833. The summed E-state index contributed by atoms with van der Waals surface area (Å²) in [5.41, 5.74) is 7.28. The minimum absolute atomic E-state index is 0.182. The maximum Gasteiger partial charge on any atom is 0.278 e. The molecule has 0 fully saturated rings. The number of carbonyl (C=O) groups excluding carboxylic acids is 1. The third-order valence-corrected chi connectivity index (χ3v) is 2.34. The molecular formula is C12H11N5O. The van der Waals surface area contributed by atoms with Gasteiger partial charge in [0.2, 0.25) is 0 Å². The molecule has 0 aliphatic carbocycles. The zero-order valence-corrected chi connectivity index (χ0v) is 9.71. The van der Waals surface area contributed by atoms with Gasteiger partial charge in [-0.05, 0) is 24.3 Å². The number of nitriles is 1. The Morgan fingerprint density at radius 2 is 2.11 bits per heavy atom. The van der Waals surface area contributed by atoms with Crippen LogP contribution in [-0.4, -0.2) is 15.7 Å². The van der Waals surface area contributed by atoms with Gasteiger partial charge in [0.1, 0.15) is 0 Å². The molecule has 6 heteroatoms. The fourth-order valence-corrected chi connectivity index (χ4v) is 1.50. The Morgan fingerprint density at radius 1 is 1.44 bits per heavy atom. The predicted octanol–water partition coefficient (Wildman–Crippen LogP) is 1.13. The van der Waals surface area contributed by atoms with Crippen molar-refractivity contribution in [3.8, 4) is 6.07 Å². The van der Waals surface area contributed by atoms with Crippen molar-refractivity contribution in [2.24, 2.45) is 7.05 Å². The second-order valence-electron chi connectivity index (χ2n) is 3.75. The minimum atomic E-state index is -0.377. The van der Waals surface area contributed by atoms with E-state index in [9.17, 15) is 4.79 Å². The summed E-state index contributed by atoms with van der Waals surface area (Å²) in [5.74, 6) is -0.377. The average Bonchev–Trinajstić information content (AvgIpc) is 2.69. The number of hydrogen-bond donors (Lipinski definition) is 2. The van der Waals surface area contributed by atoms with Gasteiger partial charge < -0.3 is 11.1 Å². The van der Waals surface area contributed by atoms with Crippen molar-refractivity contribution in [1.29, 1.82) is 5.26 Å². The Hall–Kier alpha value is -2.81. The van der Waals surface area contributed by atoms with Crippen LogP contribution in [0.5, 0.6) is 0 Å². The minimum Gasteiger partial charge on any atom is -0.396 e. The number of nitrogens with zero attached hydrogens (tertiary/aromatic N) is 3. The standard InChI is InChI=1S/C12H11N5O/c1-17-7-10(14)11(16-17)12(18)15-9-4-2-8(6-13)3-5-9/h2-5,7H,14H2,1H3,(H,15,18). The summed E-state index contributed by atoms with van der Waals surface area (Å²) < 4.78 is 1.48. The molecular weight excluding hydrogens is 230 g/mol. The van der Waals surface area contributed by atoms with E-state index in [4.69, 9.17) is 11.0 Å². The first-order valence-electron chi connectivity index (χ1n) is 5.21. The molecule has 0 spiro atoms. The van der Waals surface area contributed by atoms with Crippen molar-refractivity contribution in [3.63, 3.8) is 0 Å². The lowest BCUT2D eigenvalue weighted by Crippen LogP contribution is -2.14. The van der Waals surface area contributed by atoms with E-state index in [1.165, 1.54) is 4.68 Å². The van der Waals surface area contributed by atoms with E-state index in [1.54, 1.807) is 37.5 Å². The number of carbonyl (C=O) groups is 1. The molecule has 18 heavy (non-hydrogen) atoms. The molecule has 90 valence electrons. The Labute approximate surface area is 104 Å². The summed E-state index contributed by atoms with van der Waals surface area (Å²) in [7, 11) is 1.69. The van der Waals surface area contributed by atoms with E-state index in [0.29, 0.717) is 16.9 Å². The van der Waals surface area contributed by atoms with Gasteiger partial charge in [0, 0.05) is 18.9 Å². The lowest BCUT2D eigenvalue weighted by Gasteiger charge is -2.03. The van der Waals surface area contributed by atoms with E-state index in [-0.39, 0.29) is 11.6 Å². The molecule has 0 radical (unpaired) electrons. The Bertz CT molecular complexity index is 621. The van der Waals surface area contributed by atoms with Crippen LogP contribution in [-0.2, 0) is 7.05 Å². The van der Waals surface area contributed by atoms with Crippen LogP contribution in [0.25, 0.3) is 0 Å². The first kappa shape index (κ1) is 11.7. The molecule has 6 nitrogen and oxygen atoms in total. The number of hydrogen-bond acceptors (Lipinski definition) is 4. The van der Waals surface area contributed by atoms with Crippen LogP contribution in [0.4, 0.5) is 11.4 Å². The lowest BCUT2D eigenvalue weighted by atomic mass is 10.2. The number of nitrogen functional groups attached to an aromatic ring is 1. The average molecular weight is 241 g/mol. The molecule has 0 aliphatic heterocycles. The van der Waals surface area contributed by atoms with Gasteiger partial charge >= 0.3 is 0 Å². The molecule has 0 aliphatic rings. The lowest BCUT2D eigenvalue weighted by molar-refractivity contribution is 0.102. The number of anilines is 2. The normalized spacial score (nSPS) is 9.78. The molecule has 2 aromatic rings. The monoisotopic (exact) mass is 241 g/mol. The maximum absolute atomic E-state index is 11.9. The van der Waals surface area contributed by atoms with Crippen LogP contribution >= 0.6 is 0 Å². The Morgan fingerprint density at radius 3 is 2.61 bits per heavy atom. The van der Waals surface area contributed by atoms with Crippen molar-refractivity contribution in [3.05, 3.63) is 41.7 Å². The molecule has 0 bridgehead atoms. The van der Waals surface area contributed by atoms with Gasteiger partial charge in [-0.3, -0.25) is 9.48 Å². The molecule has 3 N–H and O–H groups in total. The number of benzene rings is 1. The number of nitrogens with one attached hydrogen (secondary N) is 1. The molecule has 0 saturated heterocycles. The van der Waals surface area contributed by atoms with Crippen molar-refractivity contribution in [1.82, 2.24) is 9.78 Å². The van der Waals surface area contributed by atoms with Crippen LogP contribution < -0.4 is 11.1 Å². The fourth-order valence-electron chi connectivity index (χ4n) is 1.50. The smallest absolute Gasteiger partial charge is 0.278 e. The predicted molar refractivity (Wildman–Crippen MR) is 66.7 cm³/mol. The SMILES string of the molecule is Cn1cc(N)c(C(=O)Nc2ccc(C#N)cc2)n1. The van der Waals surface area contributed by atoms with E-state index in [0.717, 1.165) is 0 Å². The van der Waals surface area contributed by atoms with Gasteiger partial charge in [-0.15, -0.1) is 0 Å². The molecule has 0 atom stereocenters. The second kappa shape index (κ2) is 4.59. The zero-order chi connectivity index (χ0) is 13.1. The van der Waals surface area contributed by atoms with Crippen molar-refractivity contribution in [2.45, 2.75) is 0 Å². The number of aryl methyl sites for hydroxylation is 1. The van der Waals surface area contributed by atoms with Gasteiger partial charge in [0.15, 0.2) is 5.69 Å². The molecule has 0 unspecified atom stereocenters. The highest BCUT2D eigenvalue weighted by Gasteiger charge is 2.13. The van der Waals surface area contributed by atoms with Crippen LogP contribution in [0.3, 0.4) is 0 Å². The number of rotatable bonds is 2. The molecule has 1 amide bonds. The highest BCUT2D eigenvalue weighted by atomic mass is 16.2. The van der Waals surface area contributed by atoms with E-state index in [1.807, 2.05) is 6.07 Å². The molecule has 1 aromatic carbocycles. The number of nitrogens with two attached hydrogens (primary N) is 1. The van der Waals surface area contributed by atoms with Crippen molar-refractivity contribution < 1.29 is 4.79 Å². The summed E-state index contributed by atoms with van der Waals surface area (Å²) >= 11 is 0. The summed E-state index contributed by atoms with van der Waals surface area (Å²) in [6, 6.07) is 8.54. The number of amides is 1. The Balaban J connectivity index is 2.16. The quantitative estimate of drug-likeness (QED) is 0.823. The highest BCUT2D eigenvalue weighted by Crippen LogP contribution is 2.13. The van der Waals surface area contributed by atoms with Gasteiger partial charge in [0.25, 0.3) is 5.91 Å². The first-order valence-corrected chi connectivity index (χ1v) is 5.21. The Kier molecular flexibility index (Phi) is 2.98. The molecule has 1 heterocycles. The van der Waals surface area contributed by atoms with Gasteiger partial charge in [-0.1, -0.05) is 0 Å². The second-order valence-corrected chi connectivity index (χ2v) is 3.75. The largest absolute Gasteiger partial charge is 0.396 e. The van der Waals surface area contributed by atoms with Crippen LogP contribution in [0.2, 0.25) is 0 Å². The van der Waals surface area contributed by atoms with Crippen molar-refractivity contribution in [2.75, 3.05) is 11.1 Å². The van der Waals surface area contributed by atoms with E-state index in [2.05, 4.69) is 10.4 Å². The third-order valence-electron chi connectivity index (χ3n) is 2.34. The van der Waals surface area contributed by atoms with Crippen LogP contribution in [0.15, 0.2) is 30.5 Å².